The molecule has 1 saturated heterocycles. The normalized spacial score (nSPS) is 14.5. The number of esters is 1. The lowest BCUT2D eigenvalue weighted by molar-refractivity contribution is -0.119. The molecule has 41 heavy (non-hydrogen) atoms. The van der Waals surface area contributed by atoms with E-state index in [1.165, 1.54) is 7.11 Å². The van der Waals surface area contributed by atoms with Crippen molar-refractivity contribution in [2.75, 3.05) is 58.8 Å². The molecule has 0 atom stereocenters. The van der Waals surface area contributed by atoms with E-state index in [-0.39, 0.29) is 17.3 Å². The monoisotopic (exact) mass is 557 g/mol. The number of anilines is 1. The lowest BCUT2D eigenvalue weighted by atomic mass is 10.00. The average Bonchev–Trinajstić information content (AvgIpc) is 3.31. The van der Waals surface area contributed by atoms with Crippen LogP contribution in [0, 0.1) is 0 Å². The fraction of sp³-hybridized carbons (Fsp3) is 0.258. The molecule has 0 spiro atoms. The second-order valence-corrected chi connectivity index (χ2v) is 9.98. The highest BCUT2D eigenvalue weighted by Gasteiger charge is 2.21. The summed E-state index contributed by atoms with van der Waals surface area (Å²) in [6.45, 7) is 4.09. The second kappa shape index (κ2) is 12.8. The maximum absolute atomic E-state index is 12.9. The lowest BCUT2D eigenvalue weighted by Crippen LogP contribution is -2.48. The molecule has 10 nitrogen and oxygen atoms in total. The predicted molar refractivity (Wildman–Crippen MR) is 160 cm³/mol. The third-order valence-electron chi connectivity index (χ3n) is 7.29. The Bertz CT molecular complexity index is 1540. The number of rotatable bonds is 7. The van der Waals surface area contributed by atoms with Gasteiger partial charge in [-0.25, -0.2) is 9.79 Å². The summed E-state index contributed by atoms with van der Waals surface area (Å²) in [4.78, 5) is 39.0. The first kappa shape index (κ1) is 29.5. The van der Waals surface area contributed by atoms with Crippen LogP contribution >= 0.6 is 0 Å². The van der Waals surface area contributed by atoms with Gasteiger partial charge < -0.3 is 30.1 Å². The first-order valence-corrected chi connectivity index (χ1v) is 13.2. The quantitative estimate of drug-likeness (QED) is 0.265. The maximum Gasteiger partial charge on any atom is 0.337 e. The highest BCUT2D eigenvalue weighted by molar-refractivity contribution is 6.22. The number of piperazine rings is 1. The summed E-state index contributed by atoms with van der Waals surface area (Å²) >= 11 is 0. The van der Waals surface area contributed by atoms with Crippen molar-refractivity contribution >= 4 is 39.9 Å². The Labute approximate surface area is 238 Å². The van der Waals surface area contributed by atoms with Crippen molar-refractivity contribution in [2.45, 2.75) is 0 Å². The molecular weight excluding hydrogens is 522 g/mol. The number of fused-ring (bicyclic) bond motifs is 1. The molecule has 0 bridgehead atoms. The van der Waals surface area contributed by atoms with Gasteiger partial charge in [-0.3, -0.25) is 9.69 Å². The number of carbonyl (C=O) groups excluding carboxylic acids is 2. The number of nitrogens with zero attached hydrogens (tertiary/aromatic N) is 4. The van der Waals surface area contributed by atoms with Crippen LogP contribution in [0.1, 0.15) is 21.5 Å². The molecule has 5 rings (SSSR count). The van der Waals surface area contributed by atoms with Crippen LogP contribution in [0.15, 0.2) is 77.8 Å². The molecule has 1 amide bonds. The van der Waals surface area contributed by atoms with Gasteiger partial charge in [-0.15, -0.1) is 0 Å². The molecular formula is C31H35N5O5. The molecule has 10 heteroatoms. The van der Waals surface area contributed by atoms with Crippen molar-refractivity contribution in [3.63, 3.8) is 0 Å². The van der Waals surface area contributed by atoms with Crippen LogP contribution < -0.4 is 4.90 Å². The van der Waals surface area contributed by atoms with E-state index in [2.05, 4.69) is 21.8 Å². The largest absolute Gasteiger partial charge is 0.494 e. The van der Waals surface area contributed by atoms with Crippen LogP contribution in [0.4, 0.5) is 11.4 Å². The van der Waals surface area contributed by atoms with Gasteiger partial charge in [0, 0.05) is 55.4 Å². The van der Waals surface area contributed by atoms with Crippen LogP contribution in [0.3, 0.4) is 0 Å². The fourth-order valence-electron chi connectivity index (χ4n) is 4.86. The van der Waals surface area contributed by atoms with Crippen molar-refractivity contribution in [3.8, 4) is 5.88 Å². The van der Waals surface area contributed by atoms with Crippen molar-refractivity contribution in [3.05, 3.63) is 89.5 Å². The number of methoxy groups -OCH3 is 1. The molecule has 0 radical (unpaired) electrons. The third kappa shape index (κ3) is 6.46. The Morgan fingerprint density at radius 2 is 1.66 bits per heavy atom. The molecule has 1 aromatic heterocycles. The van der Waals surface area contributed by atoms with E-state index in [0.29, 0.717) is 34.6 Å². The molecule has 214 valence electrons. The zero-order valence-corrected chi connectivity index (χ0v) is 23.4. The van der Waals surface area contributed by atoms with Crippen LogP contribution in [0.2, 0.25) is 0 Å². The maximum atomic E-state index is 12.9. The van der Waals surface area contributed by atoms with E-state index in [4.69, 9.17) is 9.73 Å². The van der Waals surface area contributed by atoms with E-state index in [1.807, 2.05) is 54.6 Å². The summed E-state index contributed by atoms with van der Waals surface area (Å²) < 4.78 is 4.83. The number of nitrogens with one attached hydrogen (secondary N) is 1. The summed E-state index contributed by atoms with van der Waals surface area (Å²) in [5.74, 6) is -0.465. The first-order chi connectivity index (χ1) is 19.3. The summed E-state index contributed by atoms with van der Waals surface area (Å²) in [5, 5.41) is 11.7. The summed E-state index contributed by atoms with van der Waals surface area (Å²) in [5.41, 5.74) is 4.34. The SMILES string of the molecule is COC(=O)c1ccc2c(C(=Nc3ccc(N(C)C(=O)CN4CCN(C)CC4)cc3)c3ccccc3)c(O)[nH]c2c1.O. The van der Waals surface area contributed by atoms with Gasteiger partial charge in [0.2, 0.25) is 5.91 Å². The number of H-pyrrole nitrogens is 1. The Hall–Kier alpha value is -4.51. The first-order valence-electron chi connectivity index (χ1n) is 13.2. The van der Waals surface area contributed by atoms with Gasteiger partial charge in [0.15, 0.2) is 5.88 Å². The molecule has 0 unspecified atom stereocenters. The minimum atomic E-state index is -0.457. The Morgan fingerprint density at radius 1 is 0.976 bits per heavy atom. The molecule has 1 aliphatic rings. The molecule has 2 heterocycles. The number of aromatic nitrogens is 1. The van der Waals surface area contributed by atoms with E-state index in [0.717, 1.165) is 42.8 Å². The number of carbonyl (C=O) groups is 2. The number of aliphatic imine (C=N–C) groups is 1. The van der Waals surface area contributed by atoms with Gasteiger partial charge in [-0.05, 0) is 43.4 Å². The number of benzene rings is 3. The molecule has 0 aliphatic carbocycles. The second-order valence-electron chi connectivity index (χ2n) is 9.98. The lowest BCUT2D eigenvalue weighted by Gasteiger charge is -2.32. The van der Waals surface area contributed by atoms with E-state index in [1.54, 1.807) is 30.1 Å². The van der Waals surface area contributed by atoms with E-state index >= 15 is 0 Å². The zero-order valence-electron chi connectivity index (χ0n) is 23.4. The molecule has 1 aliphatic heterocycles. The highest BCUT2D eigenvalue weighted by Crippen LogP contribution is 2.32. The van der Waals surface area contributed by atoms with Crippen molar-refractivity contribution in [2.24, 2.45) is 4.99 Å². The summed E-state index contributed by atoms with van der Waals surface area (Å²) in [6.07, 6.45) is 0. The number of hydrogen-bond acceptors (Lipinski definition) is 7. The van der Waals surface area contributed by atoms with Crippen LogP contribution in [0.25, 0.3) is 10.9 Å². The predicted octanol–water partition coefficient (Wildman–Crippen LogP) is 3.21. The van der Waals surface area contributed by atoms with Gasteiger partial charge in [-0.2, -0.15) is 0 Å². The van der Waals surface area contributed by atoms with E-state index in [9.17, 15) is 14.7 Å². The molecule has 1 fully saturated rings. The average molecular weight is 558 g/mol. The fourth-order valence-corrected chi connectivity index (χ4v) is 4.86. The number of hydrogen-bond donors (Lipinski definition) is 2. The van der Waals surface area contributed by atoms with Crippen molar-refractivity contribution in [1.29, 1.82) is 0 Å². The standard InChI is InChI=1S/C31H33N5O4.H2O/c1-34-15-17-36(18-16-34)20-27(37)35(2)24-12-10-23(11-13-24)32-29(21-7-5-4-6-8-21)28-25-14-9-22(31(39)40-3)19-26(25)33-30(28)38;/h4-14,19,33,38H,15-18,20H2,1-3H3;1H2. The van der Waals surface area contributed by atoms with Crippen molar-refractivity contribution in [1.82, 2.24) is 14.8 Å². The zero-order chi connectivity index (χ0) is 28.2. The minimum absolute atomic E-state index is 0. The number of likely N-dealkylation sites (N-methyl/N-ethyl adjacent to an activating group) is 2. The Kier molecular flexibility index (Phi) is 9.18. The summed E-state index contributed by atoms with van der Waals surface area (Å²) in [7, 11) is 5.22. The van der Waals surface area contributed by atoms with Crippen LogP contribution in [-0.2, 0) is 9.53 Å². The van der Waals surface area contributed by atoms with Gasteiger partial charge in [0.1, 0.15) is 0 Å². The molecule has 0 saturated carbocycles. The molecule has 3 aromatic carbocycles. The number of aromatic hydroxyl groups is 1. The molecule has 4 N–H and O–H groups in total. The van der Waals surface area contributed by atoms with Gasteiger partial charge in [0.05, 0.1) is 36.2 Å². The minimum Gasteiger partial charge on any atom is -0.494 e. The topological polar surface area (TPSA) is 133 Å². The van der Waals surface area contributed by atoms with Gasteiger partial charge in [0.25, 0.3) is 0 Å². The Morgan fingerprint density at radius 3 is 2.32 bits per heavy atom. The van der Waals surface area contributed by atoms with Gasteiger partial charge in [-0.1, -0.05) is 36.4 Å². The van der Waals surface area contributed by atoms with E-state index < -0.39 is 5.97 Å². The third-order valence-corrected chi connectivity index (χ3v) is 7.29. The smallest absolute Gasteiger partial charge is 0.337 e. The number of amides is 1. The number of ether oxygens (including phenoxy) is 1. The van der Waals surface area contributed by atoms with Gasteiger partial charge >= 0.3 is 5.97 Å². The van der Waals surface area contributed by atoms with Crippen LogP contribution in [-0.4, -0.2) is 96.9 Å². The van der Waals surface area contributed by atoms with Crippen LogP contribution in [0.5, 0.6) is 5.88 Å². The highest BCUT2D eigenvalue weighted by atomic mass is 16.5. The summed E-state index contributed by atoms with van der Waals surface area (Å²) in [6, 6.07) is 22.2. The number of aromatic amines is 1. The molecule has 4 aromatic rings. The Balaban J connectivity index is 0.00000387. The van der Waals surface area contributed by atoms with Crippen molar-refractivity contribution < 1.29 is 24.9 Å².